The Balaban J connectivity index is 2.16. The summed E-state index contributed by atoms with van der Waals surface area (Å²) in [5.41, 5.74) is 5.97. The molecule has 0 aromatic carbocycles. The number of carbonyl (C=O) groups excluding carboxylic acids is 3. The fourth-order valence-electron chi connectivity index (χ4n) is 3.07. The molecule has 2 heterocycles. The molecule has 0 unspecified atom stereocenters. The molecule has 2 atom stereocenters. The van der Waals surface area contributed by atoms with Crippen LogP contribution in [0.2, 0.25) is 0 Å². The summed E-state index contributed by atoms with van der Waals surface area (Å²) in [6.07, 6.45) is 0.0965. The van der Waals surface area contributed by atoms with Gasteiger partial charge in [-0.2, -0.15) is 0 Å². The van der Waals surface area contributed by atoms with Gasteiger partial charge in [-0.25, -0.2) is 4.79 Å². The summed E-state index contributed by atoms with van der Waals surface area (Å²) < 4.78 is 10.7. The molecule has 1 saturated heterocycles. The number of carbonyl (C=O) groups is 3. The van der Waals surface area contributed by atoms with Gasteiger partial charge in [-0.05, 0) is 33.3 Å². The molecule has 1 aromatic rings. The summed E-state index contributed by atoms with van der Waals surface area (Å²) in [6, 6.07) is 0. The molecule has 1 aromatic heterocycles. The number of anilines is 1. The van der Waals surface area contributed by atoms with Crippen LogP contribution in [0.15, 0.2) is 0 Å². The first kappa shape index (κ1) is 20.3. The van der Waals surface area contributed by atoms with Gasteiger partial charge < -0.3 is 20.5 Å². The topological polar surface area (TPSA) is 111 Å². The smallest absolute Gasteiger partial charge is 0.341 e. The van der Waals surface area contributed by atoms with E-state index in [2.05, 4.69) is 5.32 Å². The molecule has 8 nitrogen and oxygen atoms in total. The second-order valence-electron chi connectivity index (χ2n) is 6.34. The fraction of sp³-hybridized carbons (Fsp3) is 0.588. The number of rotatable bonds is 6. The number of morpholine rings is 1. The summed E-state index contributed by atoms with van der Waals surface area (Å²) >= 11 is 0.989. The number of hydrogen-bond donors (Lipinski definition) is 2. The lowest BCUT2D eigenvalue weighted by atomic mass is 10.1. The number of ether oxygens (including phenoxy) is 2. The highest BCUT2D eigenvalue weighted by atomic mass is 32.1. The molecule has 0 aliphatic carbocycles. The van der Waals surface area contributed by atoms with Crippen molar-refractivity contribution in [1.29, 1.82) is 0 Å². The second-order valence-corrected chi connectivity index (χ2v) is 7.37. The van der Waals surface area contributed by atoms with E-state index in [0.29, 0.717) is 18.7 Å². The minimum atomic E-state index is -0.644. The number of hydrogen-bond acceptors (Lipinski definition) is 7. The van der Waals surface area contributed by atoms with Gasteiger partial charge in [0.1, 0.15) is 5.00 Å². The van der Waals surface area contributed by atoms with Gasteiger partial charge in [0.05, 0.1) is 35.8 Å². The molecule has 1 aliphatic rings. The highest BCUT2D eigenvalue weighted by Gasteiger charge is 2.27. The third-order valence-corrected chi connectivity index (χ3v) is 5.19. The first-order valence-corrected chi connectivity index (χ1v) is 9.32. The molecule has 26 heavy (non-hydrogen) atoms. The molecule has 9 heteroatoms. The maximum absolute atomic E-state index is 12.5. The molecule has 0 spiro atoms. The fourth-order valence-corrected chi connectivity index (χ4v) is 4.13. The lowest BCUT2D eigenvalue weighted by Gasteiger charge is -2.34. The summed E-state index contributed by atoms with van der Waals surface area (Å²) in [5, 5.41) is 3.02. The van der Waals surface area contributed by atoms with Crippen LogP contribution in [0.1, 0.15) is 46.4 Å². The van der Waals surface area contributed by atoms with Crippen molar-refractivity contribution in [3.05, 3.63) is 16.0 Å². The standard InChI is InChI=1S/C17H25N3O5S/c1-5-24-17(23)13-11(4)14(15(18)22)26-16(13)19-12(21)8-20-6-9(2)25-10(3)7-20/h9-10H,5-8H2,1-4H3,(H2,18,22)(H,19,21)/t9-,10-/m0/s1. The highest BCUT2D eigenvalue weighted by molar-refractivity contribution is 7.18. The van der Waals surface area contributed by atoms with Crippen molar-refractivity contribution in [1.82, 2.24) is 4.90 Å². The van der Waals surface area contributed by atoms with E-state index in [1.54, 1.807) is 13.8 Å². The van der Waals surface area contributed by atoms with Crippen molar-refractivity contribution in [2.24, 2.45) is 5.73 Å². The van der Waals surface area contributed by atoms with Crippen molar-refractivity contribution in [2.45, 2.75) is 39.9 Å². The van der Waals surface area contributed by atoms with E-state index in [0.717, 1.165) is 11.3 Å². The molecule has 2 amide bonds. The first-order valence-electron chi connectivity index (χ1n) is 8.50. The van der Waals surface area contributed by atoms with Crippen LogP contribution in [-0.2, 0) is 14.3 Å². The van der Waals surface area contributed by atoms with E-state index in [4.69, 9.17) is 15.2 Å². The van der Waals surface area contributed by atoms with Crippen LogP contribution < -0.4 is 11.1 Å². The van der Waals surface area contributed by atoms with E-state index in [9.17, 15) is 14.4 Å². The average molecular weight is 383 g/mol. The zero-order valence-electron chi connectivity index (χ0n) is 15.5. The van der Waals surface area contributed by atoms with Crippen molar-refractivity contribution < 1.29 is 23.9 Å². The molecule has 0 bridgehead atoms. The summed E-state index contributed by atoms with van der Waals surface area (Å²) in [7, 11) is 0. The van der Waals surface area contributed by atoms with Crippen LogP contribution in [0.25, 0.3) is 0 Å². The van der Waals surface area contributed by atoms with Crippen molar-refractivity contribution in [3.63, 3.8) is 0 Å². The summed E-state index contributed by atoms with van der Waals surface area (Å²) in [6.45, 7) is 8.89. The Bertz CT molecular complexity index is 693. The van der Waals surface area contributed by atoms with Gasteiger partial charge in [0.2, 0.25) is 5.91 Å². The van der Waals surface area contributed by atoms with E-state index in [-0.39, 0.29) is 46.7 Å². The van der Waals surface area contributed by atoms with Crippen LogP contribution in [0.5, 0.6) is 0 Å². The number of nitrogens with one attached hydrogen (secondary N) is 1. The second kappa shape index (κ2) is 8.61. The van der Waals surface area contributed by atoms with Gasteiger partial charge in [0, 0.05) is 13.1 Å². The third kappa shape index (κ3) is 4.80. The molecule has 1 aliphatic heterocycles. The zero-order valence-corrected chi connectivity index (χ0v) is 16.3. The zero-order chi connectivity index (χ0) is 19.4. The van der Waals surface area contributed by atoms with Gasteiger partial charge in [0.25, 0.3) is 5.91 Å². The molecule has 0 radical (unpaired) electrons. The molecule has 3 N–H and O–H groups in total. The predicted octanol–water partition coefficient (Wildman–Crippen LogP) is 1.38. The van der Waals surface area contributed by atoms with Crippen molar-refractivity contribution >= 4 is 34.1 Å². The van der Waals surface area contributed by atoms with Crippen LogP contribution in [-0.4, -0.2) is 61.1 Å². The van der Waals surface area contributed by atoms with Gasteiger partial charge in [0.15, 0.2) is 0 Å². The van der Waals surface area contributed by atoms with Gasteiger partial charge >= 0.3 is 5.97 Å². The number of amides is 2. The Hall–Kier alpha value is -1.97. The Morgan fingerprint density at radius 3 is 2.46 bits per heavy atom. The quantitative estimate of drug-likeness (QED) is 0.718. The van der Waals surface area contributed by atoms with E-state index in [1.807, 2.05) is 18.7 Å². The minimum Gasteiger partial charge on any atom is -0.462 e. The Kier molecular flexibility index (Phi) is 6.74. The number of nitrogens with zero attached hydrogens (tertiary/aromatic N) is 1. The van der Waals surface area contributed by atoms with Crippen LogP contribution >= 0.6 is 11.3 Å². The molecule has 2 rings (SSSR count). The maximum atomic E-state index is 12.5. The first-order chi connectivity index (χ1) is 12.2. The van der Waals surface area contributed by atoms with E-state index in [1.165, 1.54) is 0 Å². The average Bonchev–Trinajstić information content (AvgIpc) is 2.82. The van der Waals surface area contributed by atoms with E-state index >= 15 is 0 Å². The van der Waals surface area contributed by atoms with E-state index < -0.39 is 11.9 Å². The molecule has 144 valence electrons. The third-order valence-electron chi connectivity index (χ3n) is 3.97. The van der Waals surface area contributed by atoms with Crippen molar-refractivity contribution in [2.75, 3.05) is 31.6 Å². The SMILES string of the molecule is CCOC(=O)c1c(NC(=O)CN2C[C@H](C)O[C@@H](C)C2)sc(C(N)=O)c1C. The molecule has 0 saturated carbocycles. The highest BCUT2D eigenvalue weighted by Crippen LogP contribution is 2.33. The Morgan fingerprint density at radius 1 is 1.31 bits per heavy atom. The normalized spacial score (nSPS) is 20.6. The number of primary amides is 1. The number of nitrogens with two attached hydrogens (primary N) is 1. The largest absolute Gasteiger partial charge is 0.462 e. The summed E-state index contributed by atoms with van der Waals surface area (Å²) in [5.74, 6) is -1.50. The lowest BCUT2D eigenvalue weighted by molar-refractivity contribution is -0.121. The predicted molar refractivity (Wildman–Crippen MR) is 98.6 cm³/mol. The monoisotopic (exact) mass is 383 g/mol. The van der Waals surface area contributed by atoms with Crippen LogP contribution in [0.3, 0.4) is 0 Å². The Labute approximate surface area is 156 Å². The molecular formula is C17H25N3O5S. The molecular weight excluding hydrogens is 358 g/mol. The minimum absolute atomic E-state index is 0.0482. The number of thiophene rings is 1. The Morgan fingerprint density at radius 2 is 1.92 bits per heavy atom. The van der Waals surface area contributed by atoms with Crippen LogP contribution in [0.4, 0.5) is 5.00 Å². The van der Waals surface area contributed by atoms with Gasteiger partial charge in [-0.3, -0.25) is 14.5 Å². The van der Waals surface area contributed by atoms with Gasteiger partial charge in [-0.15, -0.1) is 11.3 Å². The molecule has 1 fully saturated rings. The summed E-state index contributed by atoms with van der Waals surface area (Å²) in [4.78, 5) is 38.5. The van der Waals surface area contributed by atoms with Crippen molar-refractivity contribution in [3.8, 4) is 0 Å². The maximum Gasteiger partial charge on any atom is 0.341 e. The lowest BCUT2D eigenvalue weighted by Crippen LogP contribution is -2.48. The van der Waals surface area contributed by atoms with Crippen LogP contribution in [0, 0.1) is 6.92 Å². The van der Waals surface area contributed by atoms with Gasteiger partial charge in [-0.1, -0.05) is 0 Å². The number of esters is 1.